The van der Waals surface area contributed by atoms with Crippen LogP contribution in [0.4, 0.5) is 0 Å². The molecular weight excluding hydrogens is 262 g/mol. The molecule has 1 unspecified atom stereocenters. The van der Waals surface area contributed by atoms with E-state index in [9.17, 15) is 9.90 Å². The van der Waals surface area contributed by atoms with Gasteiger partial charge in [0, 0.05) is 25.6 Å². The normalized spacial score (nSPS) is 12.8. The molecule has 0 radical (unpaired) electrons. The van der Waals surface area contributed by atoms with Gasteiger partial charge in [-0.3, -0.25) is 4.79 Å². The molecule has 20 heavy (non-hydrogen) atoms. The van der Waals surface area contributed by atoms with Crippen molar-refractivity contribution < 1.29 is 19.8 Å². The van der Waals surface area contributed by atoms with Crippen molar-refractivity contribution in [1.29, 1.82) is 0 Å². The number of carbonyl (C=O) groups is 1. The number of benzene rings is 1. The van der Waals surface area contributed by atoms with Crippen molar-refractivity contribution in [3.63, 3.8) is 0 Å². The Hall–Kier alpha value is -2.44. The number of amidine groups is 1. The van der Waals surface area contributed by atoms with Crippen molar-refractivity contribution in [2.24, 2.45) is 16.8 Å². The molecule has 1 aromatic carbocycles. The largest absolute Gasteiger partial charge is 0.507 e. The number of phenolic OH excluding ortho intramolecular Hbond substituents is 1. The number of nitrogens with two attached hydrogens (primary N) is 1. The summed E-state index contributed by atoms with van der Waals surface area (Å²) in [5.74, 6) is -0.301. The van der Waals surface area contributed by atoms with Crippen molar-refractivity contribution in [3.05, 3.63) is 23.8 Å². The van der Waals surface area contributed by atoms with Crippen LogP contribution in [0.15, 0.2) is 23.4 Å². The molecule has 7 heteroatoms. The van der Waals surface area contributed by atoms with Gasteiger partial charge in [0.2, 0.25) is 0 Å². The van der Waals surface area contributed by atoms with Crippen LogP contribution in [0.3, 0.4) is 0 Å². The monoisotopic (exact) mass is 281 g/mol. The molecule has 0 fully saturated rings. The van der Waals surface area contributed by atoms with Crippen molar-refractivity contribution in [2.75, 3.05) is 20.7 Å². The number of ether oxygens (including phenoxy) is 1. The van der Waals surface area contributed by atoms with Crippen LogP contribution in [-0.2, 0) is 0 Å². The van der Waals surface area contributed by atoms with E-state index in [1.807, 2.05) is 0 Å². The highest BCUT2D eigenvalue weighted by Crippen LogP contribution is 2.24. The summed E-state index contributed by atoms with van der Waals surface area (Å²) < 4.78 is 4.96. The second kappa shape index (κ2) is 6.65. The minimum absolute atomic E-state index is 0.0450. The fraction of sp³-hybridized carbons (Fsp3) is 0.385. The molecule has 1 amide bonds. The number of amides is 1. The average molecular weight is 281 g/mol. The quantitative estimate of drug-likeness (QED) is 0.321. The zero-order valence-electron chi connectivity index (χ0n) is 11.7. The van der Waals surface area contributed by atoms with Crippen LogP contribution in [0.2, 0.25) is 0 Å². The first-order valence-electron chi connectivity index (χ1n) is 6.00. The predicted octanol–water partition coefficient (Wildman–Crippen LogP) is 0.855. The summed E-state index contributed by atoms with van der Waals surface area (Å²) >= 11 is 0. The van der Waals surface area contributed by atoms with Crippen molar-refractivity contribution >= 4 is 11.7 Å². The summed E-state index contributed by atoms with van der Waals surface area (Å²) in [6.45, 7) is 1.99. The molecule has 0 bridgehead atoms. The minimum atomic E-state index is -0.359. The van der Waals surface area contributed by atoms with E-state index in [0.29, 0.717) is 5.75 Å². The third-order valence-corrected chi connectivity index (χ3v) is 2.95. The Labute approximate surface area is 117 Å². The SMILES string of the molecule is COc1ccc(C(=O)N(C)CC(C)C(N)=NO)c(O)c1. The van der Waals surface area contributed by atoms with Gasteiger partial charge in [0.1, 0.15) is 17.3 Å². The maximum absolute atomic E-state index is 12.2. The number of phenols is 1. The van der Waals surface area contributed by atoms with Gasteiger partial charge in [-0.1, -0.05) is 12.1 Å². The topological polar surface area (TPSA) is 108 Å². The maximum atomic E-state index is 12.2. The Bertz CT molecular complexity index is 516. The van der Waals surface area contributed by atoms with E-state index in [1.54, 1.807) is 20.0 Å². The smallest absolute Gasteiger partial charge is 0.257 e. The number of rotatable bonds is 5. The van der Waals surface area contributed by atoms with Gasteiger partial charge in [0.25, 0.3) is 5.91 Å². The second-order valence-corrected chi connectivity index (χ2v) is 4.49. The van der Waals surface area contributed by atoms with Crippen LogP contribution >= 0.6 is 0 Å². The number of aromatic hydroxyl groups is 1. The van der Waals surface area contributed by atoms with Crippen LogP contribution in [0.5, 0.6) is 11.5 Å². The van der Waals surface area contributed by atoms with Crippen LogP contribution in [0, 0.1) is 5.92 Å². The summed E-state index contributed by atoms with van der Waals surface area (Å²) in [4.78, 5) is 13.6. The summed E-state index contributed by atoms with van der Waals surface area (Å²) in [7, 11) is 3.05. The number of carbonyl (C=O) groups excluding carboxylic acids is 1. The fourth-order valence-corrected chi connectivity index (χ4v) is 1.71. The zero-order valence-corrected chi connectivity index (χ0v) is 11.7. The number of hydrogen-bond acceptors (Lipinski definition) is 5. The van der Waals surface area contributed by atoms with Crippen molar-refractivity contribution in [3.8, 4) is 11.5 Å². The third kappa shape index (κ3) is 3.53. The van der Waals surface area contributed by atoms with E-state index in [-0.39, 0.29) is 35.5 Å². The van der Waals surface area contributed by atoms with Gasteiger partial charge in [0.05, 0.1) is 12.7 Å². The number of nitrogens with zero attached hydrogens (tertiary/aromatic N) is 2. The highest BCUT2D eigenvalue weighted by Gasteiger charge is 2.19. The Morgan fingerprint density at radius 2 is 2.20 bits per heavy atom. The first-order chi connectivity index (χ1) is 9.40. The van der Waals surface area contributed by atoms with Gasteiger partial charge < -0.3 is 25.7 Å². The molecule has 4 N–H and O–H groups in total. The molecule has 0 spiro atoms. The minimum Gasteiger partial charge on any atom is -0.507 e. The Balaban J connectivity index is 2.84. The lowest BCUT2D eigenvalue weighted by atomic mass is 10.1. The van der Waals surface area contributed by atoms with E-state index >= 15 is 0 Å². The Kier molecular flexibility index (Phi) is 5.19. The lowest BCUT2D eigenvalue weighted by molar-refractivity contribution is 0.0783. The van der Waals surface area contributed by atoms with Crippen LogP contribution in [0.25, 0.3) is 0 Å². The summed E-state index contributed by atoms with van der Waals surface area (Å²) in [5.41, 5.74) is 5.63. The summed E-state index contributed by atoms with van der Waals surface area (Å²) in [6.07, 6.45) is 0. The van der Waals surface area contributed by atoms with E-state index in [4.69, 9.17) is 15.7 Å². The molecule has 0 aliphatic heterocycles. The van der Waals surface area contributed by atoms with Crippen LogP contribution in [0.1, 0.15) is 17.3 Å². The van der Waals surface area contributed by atoms with Crippen LogP contribution < -0.4 is 10.5 Å². The lowest BCUT2D eigenvalue weighted by Crippen LogP contribution is -2.36. The molecule has 110 valence electrons. The number of methoxy groups -OCH3 is 1. The fourth-order valence-electron chi connectivity index (χ4n) is 1.71. The predicted molar refractivity (Wildman–Crippen MR) is 74.2 cm³/mol. The highest BCUT2D eigenvalue weighted by atomic mass is 16.5. The number of oxime groups is 1. The van der Waals surface area contributed by atoms with Gasteiger partial charge in [0.15, 0.2) is 0 Å². The van der Waals surface area contributed by atoms with Gasteiger partial charge in [-0.05, 0) is 12.1 Å². The maximum Gasteiger partial charge on any atom is 0.257 e. The first kappa shape index (κ1) is 15.6. The standard InChI is InChI=1S/C13H19N3O4/c1-8(12(14)15-19)7-16(2)13(18)10-5-4-9(20-3)6-11(10)17/h4-6,8,17,19H,7H2,1-3H3,(H2,14,15). The van der Waals surface area contributed by atoms with E-state index in [0.717, 1.165) is 0 Å². The number of hydrogen-bond donors (Lipinski definition) is 3. The molecular formula is C13H19N3O4. The third-order valence-electron chi connectivity index (χ3n) is 2.95. The molecule has 7 nitrogen and oxygen atoms in total. The first-order valence-corrected chi connectivity index (χ1v) is 6.00. The van der Waals surface area contributed by atoms with E-state index < -0.39 is 0 Å². The molecule has 0 heterocycles. The molecule has 0 saturated heterocycles. The molecule has 0 aliphatic rings. The molecule has 1 rings (SSSR count). The molecule has 0 aromatic heterocycles. The second-order valence-electron chi connectivity index (χ2n) is 4.49. The van der Waals surface area contributed by atoms with Crippen molar-refractivity contribution in [1.82, 2.24) is 4.90 Å². The zero-order chi connectivity index (χ0) is 15.3. The van der Waals surface area contributed by atoms with Gasteiger partial charge >= 0.3 is 0 Å². The molecule has 0 saturated carbocycles. The van der Waals surface area contributed by atoms with Gasteiger partial charge in [-0.15, -0.1) is 0 Å². The van der Waals surface area contributed by atoms with Gasteiger partial charge in [-0.2, -0.15) is 0 Å². The molecule has 1 atom stereocenters. The Morgan fingerprint density at radius 1 is 1.55 bits per heavy atom. The summed E-state index contributed by atoms with van der Waals surface area (Å²) in [6, 6.07) is 4.45. The van der Waals surface area contributed by atoms with Crippen molar-refractivity contribution in [2.45, 2.75) is 6.92 Å². The summed E-state index contributed by atoms with van der Waals surface area (Å²) in [5, 5.41) is 21.3. The Morgan fingerprint density at radius 3 is 2.70 bits per heavy atom. The van der Waals surface area contributed by atoms with Gasteiger partial charge in [-0.25, -0.2) is 0 Å². The average Bonchev–Trinajstić information content (AvgIpc) is 2.45. The molecule has 0 aliphatic carbocycles. The lowest BCUT2D eigenvalue weighted by Gasteiger charge is -2.21. The van der Waals surface area contributed by atoms with E-state index in [2.05, 4.69) is 5.16 Å². The van der Waals surface area contributed by atoms with E-state index in [1.165, 1.54) is 24.1 Å². The highest BCUT2D eigenvalue weighted by molar-refractivity contribution is 5.97. The van der Waals surface area contributed by atoms with Crippen LogP contribution in [-0.4, -0.2) is 47.7 Å². The molecule has 1 aromatic rings.